The monoisotopic (exact) mass is 313 g/mol. The molecule has 19 heavy (non-hydrogen) atoms. The van der Waals surface area contributed by atoms with Gasteiger partial charge in [-0.05, 0) is 12.8 Å². The zero-order chi connectivity index (χ0) is 14.7. The first kappa shape index (κ1) is 16.8. The summed E-state index contributed by atoms with van der Waals surface area (Å²) in [7, 11) is -6.63. The van der Waals surface area contributed by atoms with Crippen molar-refractivity contribution in [2.45, 2.75) is 32.7 Å². The van der Waals surface area contributed by atoms with Gasteiger partial charge in [-0.15, -0.1) is 0 Å². The van der Waals surface area contributed by atoms with E-state index in [1.807, 2.05) is 0 Å². The van der Waals surface area contributed by atoms with Gasteiger partial charge in [0.25, 0.3) is 10.2 Å². The minimum absolute atomic E-state index is 0.168. The SMILES string of the molecule is CCN(CC)S(=O)(=O)N1CCC(NS(C)(=O)=O)CC1. The van der Waals surface area contributed by atoms with E-state index >= 15 is 0 Å². The van der Waals surface area contributed by atoms with E-state index in [1.165, 1.54) is 8.61 Å². The quantitative estimate of drug-likeness (QED) is 0.722. The van der Waals surface area contributed by atoms with Gasteiger partial charge in [-0.1, -0.05) is 13.8 Å². The zero-order valence-corrected chi connectivity index (χ0v) is 13.3. The van der Waals surface area contributed by atoms with Crippen LogP contribution in [-0.2, 0) is 20.2 Å². The smallest absolute Gasteiger partial charge is 0.213 e. The average molecular weight is 313 g/mol. The number of rotatable bonds is 6. The van der Waals surface area contributed by atoms with Crippen LogP contribution in [0.25, 0.3) is 0 Å². The lowest BCUT2D eigenvalue weighted by atomic mass is 10.1. The fraction of sp³-hybridized carbons (Fsp3) is 1.00. The van der Waals surface area contributed by atoms with Crippen LogP contribution in [0, 0.1) is 0 Å². The highest BCUT2D eigenvalue weighted by molar-refractivity contribution is 7.88. The van der Waals surface area contributed by atoms with E-state index in [0.29, 0.717) is 39.0 Å². The predicted octanol–water partition coefficient (Wildman–Crippen LogP) is -0.413. The third-order valence-electron chi connectivity index (χ3n) is 3.19. The molecular weight excluding hydrogens is 290 g/mol. The van der Waals surface area contributed by atoms with Crippen LogP contribution in [-0.4, -0.2) is 63.9 Å². The van der Waals surface area contributed by atoms with Crippen LogP contribution < -0.4 is 4.72 Å². The zero-order valence-electron chi connectivity index (χ0n) is 11.7. The second-order valence-electron chi connectivity index (χ2n) is 4.66. The molecule has 0 saturated carbocycles. The molecule has 114 valence electrons. The Hall–Kier alpha value is -0.220. The van der Waals surface area contributed by atoms with Crippen molar-refractivity contribution in [2.75, 3.05) is 32.4 Å². The van der Waals surface area contributed by atoms with E-state index in [4.69, 9.17) is 0 Å². The van der Waals surface area contributed by atoms with Crippen molar-refractivity contribution in [3.05, 3.63) is 0 Å². The van der Waals surface area contributed by atoms with Crippen molar-refractivity contribution in [3.8, 4) is 0 Å². The van der Waals surface area contributed by atoms with E-state index < -0.39 is 20.2 Å². The van der Waals surface area contributed by atoms with Gasteiger partial charge in [0.2, 0.25) is 10.0 Å². The number of hydrogen-bond donors (Lipinski definition) is 1. The van der Waals surface area contributed by atoms with Crippen LogP contribution in [0.15, 0.2) is 0 Å². The van der Waals surface area contributed by atoms with Gasteiger partial charge in [-0.2, -0.15) is 17.0 Å². The Balaban J connectivity index is 2.63. The van der Waals surface area contributed by atoms with Crippen LogP contribution in [0.5, 0.6) is 0 Å². The van der Waals surface area contributed by atoms with E-state index in [0.717, 1.165) is 6.26 Å². The van der Waals surface area contributed by atoms with Crippen molar-refractivity contribution < 1.29 is 16.8 Å². The third kappa shape index (κ3) is 4.67. The minimum atomic E-state index is -3.40. The lowest BCUT2D eigenvalue weighted by molar-refractivity contribution is 0.284. The van der Waals surface area contributed by atoms with Crippen LogP contribution in [0.1, 0.15) is 26.7 Å². The van der Waals surface area contributed by atoms with Crippen LogP contribution >= 0.6 is 0 Å². The van der Waals surface area contributed by atoms with E-state index in [9.17, 15) is 16.8 Å². The fourth-order valence-corrected chi connectivity index (χ4v) is 4.71. The van der Waals surface area contributed by atoms with Gasteiger partial charge in [0.1, 0.15) is 0 Å². The van der Waals surface area contributed by atoms with Crippen molar-refractivity contribution in [3.63, 3.8) is 0 Å². The molecule has 0 radical (unpaired) electrons. The minimum Gasteiger partial charge on any atom is -0.213 e. The van der Waals surface area contributed by atoms with E-state index in [2.05, 4.69) is 4.72 Å². The molecule has 0 amide bonds. The lowest BCUT2D eigenvalue weighted by Gasteiger charge is -2.34. The number of piperidine rings is 1. The Bertz CT molecular complexity index is 477. The summed E-state index contributed by atoms with van der Waals surface area (Å²) in [6.07, 6.45) is 2.13. The molecule has 1 aliphatic rings. The molecule has 0 aromatic heterocycles. The molecule has 0 spiro atoms. The molecule has 0 atom stereocenters. The van der Waals surface area contributed by atoms with Gasteiger partial charge < -0.3 is 0 Å². The summed E-state index contributed by atoms with van der Waals surface area (Å²) in [5.74, 6) is 0. The standard InChI is InChI=1S/C10H23N3O4S2/c1-4-12(5-2)19(16,17)13-8-6-10(7-9-13)11-18(3,14)15/h10-11H,4-9H2,1-3H3. The summed E-state index contributed by atoms with van der Waals surface area (Å²) in [6, 6.07) is -0.168. The molecule has 1 aliphatic heterocycles. The second-order valence-corrected chi connectivity index (χ2v) is 8.36. The highest BCUT2D eigenvalue weighted by atomic mass is 32.2. The summed E-state index contributed by atoms with van der Waals surface area (Å²) in [6.45, 7) is 5.21. The Labute approximate surface area is 116 Å². The molecule has 0 bridgehead atoms. The molecule has 0 aromatic rings. The van der Waals surface area contributed by atoms with Crippen LogP contribution in [0.4, 0.5) is 0 Å². The van der Waals surface area contributed by atoms with Crippen molar-refractivity contribution in [1.82, 2.24) is 13.3 Å². The molecule has 0 unspecified atom stereocenters. The third-order valence-corrected chi connectivity index (χ3v) is 6.14. The maximum Gasteiger partial charge on any atom is 0.281 e. The predicted molar refractivity (Wildman–Crippen MR) is 74.4 cm³/mol. The summed E-state index contributed by atoms with van der Waals surface area (Å²) in [4.78, 5) is 0. The number of hydrogen-bond acceptors (Lipinski definition) is 4. The first-order valence-corrected chi connectivity index (χ1v) is 9.72. The van der Waals surface area contributed by atoms with Gasteiger partial charge in [-0.25, -0.2) is 13.1 Å². The topological polar surface area (TPSA) is 86.8 Å². The van der Waals surface area contributed by atoms with Gasteiger partial charge in [0.15, 0.2) is 0 Å². The Morgan fingerprint density at radius 2 is 1.58 bits per heavy atom. The fourth-order valence-electron chi connectivity index (χ4n) is 2.22. The largest absolute Gasteiger partial charge is 0.281 e. The molecule has 1 heterocycles. The second kappa shape index (κ2) is 6.49. The average Bonchev–Trinajstić information content (AvgIpc) is 2.28. The highest BCUT2D eigenvalue weighted by Crippen LogP contribution is 2.17. The van der Waals surface area contributed by atoms with Crippen molar-refractivity contribution in [1.29, 1.82) is 0 Å². The van der Waals surface area contributed by atoms with Crippen molar-refractivity contribution >= 4 is 20.2 Å². The Kier molecular flexibility index (Phi) is 5.75. The molecule has 1 rings (SSSR count). The summed E-state index contributed by atoms with van der Waals surface area (Å²) < 4.78 is 52.1. The maximum absolute atomic E-state index is 12.3. The first-order chi connectivity index (χ1) is 8.70. The highest BCUT2D eigenvalue weighted by Gasteiger charge is 2.32. The Morgan fingerprint density at radius 1 is 1.11 bits per heavy atom. The maximum atomic E-state index is 12.3. The van der Waals surface area contributed by atoms with Gasteiger partial charge in [0.05, 0.1) is 6.26 Å². The van der Waals surface area contributed by atoms with Crippen molar-refractivity contribution in [2.24, 2.45) is 0 Å². The molecular formula is C10H23N3O4S2. The Morgan fingerprint density at radius 3 is 1.95 bits per heavy atom. The molecule has 0 aliphatic carbocycles. The number of nitrogens with zero attached hydrogens (tertiary/aromatic N) is 2. The van der Waals surface area contributed by atoms with Gasteiger partial charge >= 0.3 is 0 Å². The number of nitrogens with one attached hydrogen (secondary N) is 1. The van der Waals surface area contributed by atoms with Crippen LogP contribution in [0.3, 0.4) is 0 Å². The molecule has 1 saturated heterocycles. The summed E-state index contributed by atoms with van der Waals surface area (Å²) >= 11 is 0. The van der Waals surface area contributed by atoms with E-state index in [1.54, 1.807) is 13.8 Å². The lowest BCUT2D eigenvalue weighted by Crippen LogP contribution is -2.50. The molecule has 0 aromatic carbocycles. The summed E-state index contributed by atoms with van der Waals surface area (Å²) in [5.41, 5.74) is 0. The van der Waals surface area contributed by atoms with Crippen LogP contribution in [0.2, 0.25) is 0 Å². The number of sulfonamides is 1. The van der Waals surface area contributed by atoms with E-state index in [-0.39, 0.29) is 6.04 Å². The molecule has 7 nitrogen and oxygen atoms in total. The first-order valence-electron chi connectivity index (χ1n) is 6.43. The van der Waals surface area contributed by atoms with Gasteiger partial charge in [-0.3, -0.25) is 0 Å². The molecule has 1 N–H and O–H groups in total. The molecule has 1 fully saturated rings. The molecule has 9 heteroatoms. The normalized spacial score (nSPS) is 20.0. The van der Waals surface area contributed by atoms with Gasteiger partial charge in [0, 0.05) is 32.2 Å². The summed E-state index contributed by atoms with van der Waals surface area (Å²) in [5, 5.41) is 0.